The predicted octanol–water partition coefficient (Wildman–Crippen LogP) is 2.91. The summed E-state index contributed by atoms with van der Waals surface area (Å²) in [5.74, 6) is 0.434. The van der Waals surface area contributed by atoms with Crippen LogP contribution in [0.1, 0.15) is 35.4 Å². The van der Waals surface area contributed by atoms with E-state index in [1.54, 1.807) is 6.07 Å². The lowest BCUT2D eigenvalue weighted by Gasteiger charge is -2.25. The summed E-state index contributed by atoms with van der Waals surface area (Å²) in [5.41, 5.74) is 3.05. The molecule has 1 aliphatic heterocycles. The molecule has 0 radical (unpaired) electrons. The smallest absolute Gasteiger partial charge is 0.126 e. The van der Waals surface area contributed by atoms with Crippen LogP contribution < -0.4 is 5.32 Å². The largest absolute Gasteiger partial charge is 0.316 e. The molecule has 2 heteroatoms. The summed E-state index contributed by atoms with van der Waals surface area (Å²) in [6.45, 7) is 5.94. The third-order valence-corrected chi connectivity index (χ3v) is 3.27. The van der Waals surface area contributed by atoms with E-state index < -0.39 is 0 Å². The van der Waals surface area contributed by atoms with Gasteiger partial charge >= 0.3 is 0 Å². The molecule has 1 N–H and O–H groups in total. The van der Waals surface area contributed by atoms with Gasteiger partial charge in [-0.15, -0.1) is 0 Å². The second-order valence-electron chi connectivity index (χ2n) is 4.50. The van der Waals surface area contributed by atoms with Crippen molar-refractivity contribution in [3.05, 3.63) is 34.6 Å². The molecule has 1 aliphatic rings. The van der Waals surface area contributed by atoms with Crippen LogP contribution in [0, 0.1) is 19.7 Å². The highest BCUT2D eigenvalue weighted by Crippen LogP contribution is 2.28. The lowest BCUT2D eigenvalue weighted by atomic mass is 9.87. The van der Waals surface area contributed by atoms with E-state index in [-0.39, 0.29) is 5.82 Å². The molecule has 0 spiro atoms. The Bertz CT molecular complexity index is 354. The lowest BCUT2D eigenvalue weighted by Crippen LogP contribution is -2.28. The highest BCUT2D eigenvalue weighted by Gasteiger charge is 2.18. The Hall–Kier alpha value is -0.890. The van der Waals surface area contributed by atoms with E-state index in [2.05, 4.69) is 11.4 Å². The van der Waals surface area contributed by atoms with Gasteiger partial charge in [0.15, 0.2) is 0 Å². The van der Waals surface area contributed by atoms with Gasteiger partial charge in [0.1, 0.15) is 5.82 Å². The number of halogens is 1. The Morgan fingerprint density at radius 3 is 2.80 bits per heavy atom. The molecule has 1 aromatic rings. The number of aryl methyl sites for hydroxylation is 1. The number of rotatable bonds is 1. The maximum atomic E-state index is 13.6. The van der Waals surface area contributed by atoms with Crippen LogP contribution >= 0.6 is 0 Å². The van der Waals surface area contributed by atoms with Crippen molar-refractivity contribution in [3.8, 4) is 0 Å². The molecular weight excluding hydrogens is 189 g/mol. The molecule has 1 fully saturated rings. The van der Waals surface area contributed by atoms with Gasteiger partial charge in [-0.3, -0.25) is 0 Å². The molecule has 0 bridgehead atoms. The number of nitrogens with one attached hydrogen (secondary N) is 1. The quantitative estimate of drug-likeness (QED) is 0.746. The van der Waals surface area contributed by atoms with Crippen molar-refractivity contribution in [1.82, 2.24) is 5.32 Å². The van der Waals surface area contributed by atoms with Crippen molar-refractivity contribution in [1.29, 1.82) is 0 Å². The van der Waals surface area contributed by atoms with Crippen molar-refractivity contribution < 1.29 is 4.39 Å². The second-order valence-corrected chi connectivity index (χ2v) is 4.50. The van der Waals surface area contributed by atoms with Gasteiger partial charge in [0, 0.05) is 6.54 Å². The van der Waals surface area contributed by atoms with Crippen molar-refractivity contribution in [2.24, 2.45) is 0 Å². The van der Waals surface area contributed by atoms with Crippen LogP contribution in [0.2, 0.25) is 0 Å². The molecule has 1 aromatic carbocycles. The summed E-state index contributed by atoms with van der Waals surface area (Å²) in [4.78, 5) is 0. The fourth-order valence-electron chi connectivity index (χ4n) is 2.38. The van der Waals surface area contributed by atoms with Crippen LogP contribution in [0.4, 0.5) is 4.39 Å². The number of benzene rings is 1. The standard InChI is InChI=1S/C13H18FN/c1-9-6-12(10(2)13(14)7-9)11-4-3-5-15-8-11/h6-7,11,15H,3-5,8H2,1-2H3. The minimum Gasteiger partial charge on any atom is -0.316 e. The minimum absolute atomic E-state index is 0.0597. The molecular formula is C13H18FN. The number of hydrogen-bond donors (Lipinski definition) is 1. The molecule has 1 heterocycles. The maximum absolute atomic E-state index is 13.6. The van der Waals surface area contributed by atoms with Crippen LogP contribution in [0.3, 0.4) is 0 Å². The van der Waals surface area contributed by atoms with Crippen LogP contribution in [-0.2, 0) is 0 Å². The molecule has 1 atom stereocenters. The van der Waals surface area contributed by atoms with Gasteiger partial charge < -0.3 is 5.32 Å². The van der Waals surface area contributed by atoms with Crippen molar-refractivity contribution in [2.75, 3.05) is 13.1 Å². The average Bonchev–Trinajstić information content (AvgIpc) is 2.24. The van der Waals surface area contributed by atoms with Gasteiger partial charge in [0.05, 0.1) is 0 Å². The summed E-state index contributed by atoms with van der Waals surface area (Å²) in [5, 5.41) is 3.38. The first-order chi connectivity index (χ1) is 7.18. The molecule has 0 aliphatic carbocycles. The van der Waals surface area contributed by atoms with Crippen LogP contribution in [0.15, 0.2) is 12.1 Å². The zero-order valence-electron chi connectivity index (χ0n) is 9.44. The first-order valence-electron chi connectivity index (χ1n) is 5.66. The molecule has 0 amide bonds. The van der Waals surface area contributed by atoms with Gasteiger partial charge in [0.2, 0.25) is 0 Å². The van der Waals surface area contributed by atoms with E-state index in [1.165, 1.54) is 18.4 Å². The molecule has 0 aromatic heterocycles. The normalized spacial score (nSPS) is 21.7. The first-order valence-corrected chi connectivity index (χ1v) is 5.66. The summed E-state index contributed by atoms with van der Waals surface area (Å²) in [6.07, 6.45) is 2.37. The predicted molar refractivity (Wildman–Crippen MR) is 60.7 cm³/mol. The molecule has 1 saturated heterocycles. The highest BCUT2D eigenvalue weighted by atomic mass is 19.1. The van der Waals surface area contributed by atoms with Gasteiger partial charge in [-0.2, -0.15) is 0 Å². The van der Waals surface area contributed by atoms with Crippen LogP contribution in [0.25, 0.3) is 0 Å². The molecule has 82 valence electrons. The van der Waals surface area contributed by atoms with E-state index in [0.29, 0.717) is 5.92 Å². The number of hydrogen-bond acceptors (Lipinski definition) is 1. The van der Waals surface area contributed by atoms with E-state index >= 15 is 0 Å². The summed E-state index contributed by atoms with van der Waals surface area (Å²) >= 11 is 0. The SMILES string of the molecule is Cc1cc(F)c(C)c(C2CCCNC2)c1. The van der Waals surface area contributed by atoms with Gasteiger partial charge in [0.25, 0.3) is 0 Å². The monoisotopic (exact) mass is 207 g/mol. The topological polar surface area (TPSA) is 12.0 Å². The highest BCUT2D eigenvalue weighted by molar-refractivity contribution is 5.35. The van der Waals surface area contributed by atoms with Crippen LogP contribution in [-0.4, -0.2) is 13.1 Å². The lowest BCUT2D eigenvalue weighted by molar-refractivity contribution is 0.457. The van der Waals surface area contributed by atoms with Gasteiger partial charge in [-0.25, -0.2) is 4.39 Å². The maximum Gasteiger partial charge on any atom is 0.126 e. The molecule has 0 saturated carbocycles. The summed E-state index contributed by atoms with van der Waals surface area (Å²) in [6, 6.07) is 3.76. The van der Waals surface area contributed by atoms with E-state index in [0.717, 1.165) is 24.2 Å². The average molecular weight is 207 g/mol. The molecule has 2 rings (SSSR count). The van der Waals surface area contributed by atoms with E-state index in [4.69, 9.17) is 0 Å². The fraction of sp³-hybridized carbons (Fsp3) is 0.538. The number of piperidine rings is 1. The molecule has 1 unspecified atom stereocenters. The third-order valence-electron chi connectivity index (χ3n) is 3.27. The Morgan fingerprint density at radius 2 is 2.13 bits per heavy atom. The zero-order valence-corrected chi connectivity index (χ0v) is 9.44. The Morgan fingerprint density at radius 1 is 1.33 bits per heavy atom. The van der Waals surface area contributed by atoms with Crippen LogP contribution in [0.5, 0.6) is 0 Å². The van der Waals surface area contributed by atoms with E-state index in [9.17, 15) is 4.39 Å². The van der Waals surface area contributed by atoms with E-state index in [1.807, 2.05) is 13.8 Å². The minimum atomic E-state index is -0.0597. The van der Waals surface area contributed by atoms with Crippen molar-refractivity contribution in [3.63, 3.8) is 0 Å². The molecule has 15 heavy (non-hydrogen) atoms. The van der Waals surface area contributed by atoms with Crippen molar-refractivity contribution in [2.45, 2.75) is 32.6 Å². The van der Waals surface area contributed by atoms with Gasteiger partial charge in [-0.1, -0.05) is 6.07 Å². The Kier molecular flexibility index (Phi) is 3.06. The Balaban J connectivity index is 2.33. The summed E-state index contributed by atoms with van der Waals surface area (Å²) in [7, 11) is 0. The second kappa shape index (κ2) is 4.31. The molecule has 1 nitrogen and oxygen atoms in total. The summed E-state index contributed by atoms with van der Waals surface area (Å²) < 4.78 is 13.6. The van der Waals surface area contributed by atoms with Gasteiger partial charge in [-0.05, 0) is 61.9 Å². The first kappa shape index (κ1) is 10.6. The Labute approximate surface area is 90.7 Å². The van der Waals surface area contributed by atoms with Crippen molar-refractivity contribution >= 4 is 0 Å². The third kappa shape index (κ3) is 2.20. The zero-order chi connectivity index (χ0) is 10.8. The fourth-order valence-corrected chi connectivity index (χ4v) is 2.38.